The minimum absolute atomic E-state index is 0.0674. The van der Waals surface area contributed by atoms with Crippen molar-refractivity contribution >= 4 is 9.84 Å². The summed E-state index contributed by atoms with van der Waals surface area (Å²) in [7, 11) is -2.92. The van der Waals surface area contributed by atoms with Crippen molar-refractivity contribution in [3.05, 3.63) is 29.8 Å². The van der Waals surface area contributed by atoms with Crippen molar-refractivity contribution in [2.75, 3.05) is 18.6 Å². The molecule has 0 heterocycles. The molecule has 0 aliphatic heterocycles. The van der Waals surface area contributed by atoms with Crippen LogP contribution < -0.4 is 16.0 Å². The molecular weight excluding hydrogens is 264 g/mol. The Morgan fingerprint density at radius 1 is 1.42 bits per heavy atom. The molecule has 0 radical (unpaired) electrons. The maximum absolute atomic E-state index is 11.1. The van der Waals surface area contributed by atoms with E-state index in [9.17, 15) is 8.42 Å². The highest BCUT2D eigenvalue weighted by molar-refractivity contribution is 7.90. The summed E-state index contributed by atoms with van der Waals surface area (Å²) in [5.41, 5.74) is 3.73. The maximum atomic E-state index is 11.1. The van der Waals surface area contributed by atoms with Gasteiger partial charge in [0.15, 0.2) is 0 Å². The molecule has 0 amide bonds. The van der Waals surface area contributed by atoms with Crippen LogP contribution in [0.15, 0.2) is 24.3 Å². The third kappa shape index (κ3) is 6.04. The lowest BCUT2D eigenvalue weighted by atomic mass is 10.0. The Morgan fingerprint density at radius 3 is 2.74 bits per heavy atom. The normalized spacial score (nSPS) is 13.2. The number of hydrazine groups is 1. The smallest absolute Gasteiger partial charge is 0.147 e. The van der Waals surface area contributed by atoms with E-state index in [0.717, 1.165) is 11.3 Å². The van der Waals surface area contributed by atoms with Gasteiger partial charge in [0.2, 0.25) is 0 Å². The molecule has 0 spiro atoms. The van der Waals surface area contributed by atoms with Crippen LogP contribution in [-0.2, 0) is 9.84 Å². The Balaban J connectivity index is 2.66. The van der Waals surface area contributed by atoms with Crippen LogP contribution in [0.2, 0.25) is 0 Å². The summed E-state index contributed by atoms with van der Waals surface area (Å²) in [4.78, 5) is 0. The van der Waals surface area contributed by atoms with Gasteiger partial charge in [-0.15, -0.1) is 0 Å². The molecule has 108 valence electrons. The number of ether oxygens (including phenoxy) is 1. The third-order valence-corrected chi connectivity index (χ3v) is 3.81. The highest BCUT2D eigenvalue weighted by Crippen LogP contribution is 2.22. The molecule has 6 heteroatoms. The minimum atomic E-state index is -2.92. The van der Waals surface area contributed by atoms with E-state index in [1.54, 1.807) is 0 Å². The van der Waals surface area contributed by atoms with Gasteiger partial charge in [-0.05, 0) is 37.5 Å². The topological polar surface area (TPSA) is 81.4 Å². The first-order chi connectivity index (χ1) is 8.96. The molecule has 1 rings (SSSR count). The van der Waals surface area contributed by atoms with Gasteiger partial charge in [-0.3, -0.25) is 11.3 Å². The standard InChI is InChI=1S/C13H22N2O3S/c1-3-18-12-7-4-6-11(10-12)13(15-14)8-5-9-19(2,16)17/h4,6-7,10,13,15H,3,5,8-9,14H2,1-2H3. The Morgan fingerprint density at radius 2 is 2.16 bits per heavy atom. The average molecular weight is 286 g/mol. The molecular formula is C13H22N2O3S. The van der Waals surface area contributed by atoms with Gasteiger partial charge < -0.3 is 4.74 Å². The summed E-state index contributed by atoms with van der Waals surface area (Å²) >= 11 is 0. The number of nitrogens with one attached hydrogen (secondary N) is 1. The number of hydrogen-bond donors (Lipinski definition) is 2. The third-order valence-electron chi connectivity index (χ3n) is 2.78. The molecule has 1 atom stereocenters. The first-order valence-corrected chi connectivity index (χ1v) is 8.39. The van der Waals surface area contributed by atoms with E-state index in [1.807, 2.05) is 31.2 Å². The van der Waals surface area contributed by atoms with Crippen molar-refractivity contribution in [3.63, 3.8) is 0 Å². The molecule has 0 saturated heterocycles. The van der Waals surface area contributed by atoms with Gasteiger partial charge >= 0.3 is 0 Å². The molecule has 3 N–H and O–H groups in total. The van der Waals surface area contributed by atoms with E-state index < -0.39 is 9.84 Å². The Labute approximate surface area is 115 Å². The van der Waals surface area contributed by atoms with Gasteiger partial charge in [0.1, 0.15) is 15.6 Å². The van der Waals surface area contributed by atoms with Crippen molar-refractivity contribution in [2.24, 2.45) is 5.84 Å². The lowest BCUT2D eigenvalue weighted by Crippen LogP contribution is -2.28. The summed E-state index contributed by atoms with van der Waals surface area (Å²) < 4.78 is 27.6. The summed E-state index contributed by atoms with van der Waals surface area (Å²) in [6.07, 6.45) is 2.49. The molecule has 1 aromatic carbocycles. The van der Waals surface area contributed by atoms with Gasteiger partial charge in [0.25, 0.3) is 0 Å². The van der Waals surface area contributed by atoms with Crippen molar-refractivity contribution in [3.8, 4) is 5.75 Å². The molecule has 0 saturated carbocycles. The van der Waals surface area contributed by atoms with Crippen LogP contribution in [-0.4, -0.2) is 27.0 Å². The zero-order valence-corrected chi connectivity index (χ0v) is 12.2. The molecule has 0 aliphatic rings. The summed E-state index contributed by atoms with van der Waals surface area (Å²) in [5.74, 6) is 6.51. The van der Waals surface area contributed by atoms with Crippen molar-refractivity contribution in [2.45, 2.75) is 25.8 Å². The number of rotatable bonds is 8. The number of hydrogen-bond acceptors (Lipinski definition) is 5. The highest BCUT2D eigenvalue weighted by Gasteiger charge is 2.12. The summed E-state index contributed by atoms with van der Waals surface area (Å²) in [6, 6.07) is 7.60. The monoisotopic (exact) mass is 286 g/mol. The quantitative estimate of drug-likeness (QED) is 0.558. The molecule has 0 aromatic heterocycles. The minimum Gasteiger partial charge on any atom is -0.494 e. The van der Waals surface area contributed by atoms with E-state index in [1.165, 1.54) is 6.26 Å². The van der Waals surface area contributed by atoms with Crippen molar-refractivity contribution in [1.29, 1.82) is 0 Å². The van der Waals surface area contributed by atoms with Crippen LogP contribution >= 0.6 is 0 Å². The Kier molecular flexibility index (Phi) is 6.27. The number of benzene rings is 1. The lowest BCUT2D eigenvalue weighted by molar-refractivity contribution is 0.339. The zero-order valence-electron chi connectivity index (χ0n) is 11.4. The largest absolute Gasteiger partial charge is 0.494 e. The second-order valence-electron chi connectivity index (χ2n) is 4.50. The van der Waals surface area contributed by atoms with Gasteiger partial charge in [-0.25, -0.2) is 8.42 Å². The van der Waals surface area contributed by atoms with Crippen LogP contribution in [0.4, 0.5) is 0 Å². The first kappa shape index (κ1) is 15.9. The van der Waals surface area contributed by atoms with Gasteiger partial charge in [0, 0.05) is 18.1 Å². The second-order valence-corrected chi connectivity index (χ2v) is 6.76. The molecule has 5 nitrogen and oxygen atoms in total. The van der Waals surface area contributed by atoms with Crippen LogP contribution in [0.3, 0.4) is 0 Å². The molecule has 19 heavy (non-hydrogen) atoms. The highest BCUT2D eigenvalue weighted by atomic mass is 32.2. The SMILES string of the molecule is CCOc1cccc(C(CCCS(C)(=O)=O)NN)c1. The fraction of sp³-hybridized carbons (Fsp3) is 0.538. The van der Waals surface area contributed by atoms with Gasteiger partial charge in [-0.2, -0.15) is 0 Å². The summed E-state index contributed by atoms with van der Waals surface area (Å²) in [6.45, 7) is 2.54. The van der Waals surface area contributed by atoms with E-state index in [4.69, 9.17) is 10.6 Å². The lowest BCUT2D eigenvalue weighted by Gasteiger charge is -2.17. The van der Waals surface area contributed by atoms with Gasteiger partial charge in [-0.1, -0.05) is 12.1 Å². The molecule has 1 aromatic rings. The first-order valence-electron chi connectivity index (χ1n) is 6.33. The average Bonchev–Trinajstić information content (AvgIpc) is 2.34. The number of nitrogens with two attached hydrogens (primary N) is 1. The van der Waals surface area contributed by atoms with Crippen molar-refractivity contribution < 1.29 is 13.2 Å². The second kappa shape index (κ2) is 7.47. The van der Waals surface area contributed by atoms with Crippen LogP contribution in [0.25, 0.3) is 0 Å². The predicted octanol–water partition coefficient (Wildman–Crippen LogP) is 1.41. The fourth-order valence-corrected chi connectivity index (χ4v) is 2.57. The predicted molar refractivity (Wildman–Crippen MR) is 76.6 cm³/mol. The maximum Gasteiger partial charge on any atom is 0.147 e. The molecule has 0 bridgehead atoms. The molecule has 0 aliphatic carbocycles. The number of sulfone groups is 1. The molecule has 0 fully saturated rings. The van der Waals surface area contributed by atoms with E-state index >= 15 is 0 Å². The zero-order chi connectivity index (χ0) is 14.3. The van der Waals surface area contributed by atoms with Crippen LogP contribution in [0.1, 0.15) is 31.4 Å². The van der Waals surface area contributed by atoms with Gasteiger partial charge in [0.05, 0.1) is 6.61 Å². The summed E-state index contributed by atoms with van der Waals surface area (Å²) in [5, 5.41) is 0. The fourth-order valence-electron chi connectivity index (χ4n) is 1.88. The Bertz CT molecular complexity index is 488. The van der Waals surface area contributed by atoms with Crippen LogP contribution in [0.5, 0.6) is 5.75 Å². The van der Waals surface area contributed by atoms with E-state index in [-0.39, 0.29) is 11.8 Å². The van der Waals surface area contributed by atoms with E-state index in [2.05, 4.69) is 5.43 Å². The van der Waals surface area contributed by atoms with E-state index in [0.29, 0.717) is 19.4 Å². The Hall–Kier alpha value is -1.11. The van der Waals surface area contributed by atoms with Crippen LogP contribution in [0, 0.1) is 0 Å². The van der Waals surface area contributed by atoms with Crippen molar-refractivity contribution in [1.82, 2.24) is 5.43 Å². The molecule has 1 unspecified atom stereocenters.